The number of nitrogens with zero attached hydrogens (tertiary/aromatic N) is 3. The maximum absolute atomic E-state index is 5.49. The smallest absolute Gasteiger partial charge is 0.203 e. The highest BCUT2D eigenvalue weighted by atomic mass is 16.5. The van der Waals surface area contributed by atoms with Crippen LogP contribution in [0.4, 0.5) is 0 Å². The van der Waals surface area contributed by atoms with E-state index in [1.165, 1.54) is 0 Å². The van der Waals surface area contributed by atoms with Crippen molar-refractivity contribution in [2.24, 2.45) is 4.99 Å². The molecule has 1 aromatic carbocycles. The number of hydrogen-bond acceptors (Lipinski definition) is 6. The summed E-state index contributed by atoms with van der Waals surface area (Å²) in [6.45, 7) is 9.65. The van der Waals surface area contributed by atoms with Crippen LogP contribution in [0.25, 0.3) is 0 Å². The van der Waals surface area contributed by atoms with Crippen LogP contribution in [-0.4, -0.2) is 76.4 Å². The van der Waals surface area contributed by atoms with Crippen LogP contribution < -0.4 is 19.5 Å². The molecular weight excluding hydrogens is 408 g/mol. The molecule has 32 heavy (non-hydrogen) atoms. The minimum absolute atomic E-state index is 0.618. The molecule has 8 nitrogen and oxygen atoms in total. The Morgan fingerprint density at radius 3 is 2.41 bits per heavy atom. The number of aliphatic imine (C=N–C) groups is 1. The highest BCUT2D eigenvalue weighted by Gasteiger charge is 2.21. The zero-order chi connectivity index (χ0) is 22.8. The fourth-order valence-corrected chi connectivity index (χ4v) is 3.76. The minimum atomic E-state index is 0.618. The number of guanidine groups is 1. The number of nitrogens with one attached hydrogen (secondary N) is 1. The van der Waals surface area contributed by atoms with Gasteiger partial charge < -0.3 is 28.8 Å². The van der Waals surface area contributed by atoms with E-state index in [0.717, 1.165) is 56.4 Å². The Morgan fingerprint density at radius 2 is 1.84 bits per heavy atom. The maximum Gasteiger partial charge on any atom is 0.203 e. The summed E-state index contributed by atoms with van der Waals surface area (Å²) in [5.41, 5.74) is 1.13. The molecule has 0 radical (unpaired) electrons. The molecule has 1 aliphatic heterocycles. The van der Waals surface area contributed by atoms with E-state index in [-0.39, 0.29) is 0 Å². The number of ether oxygens (including phenoxy) is 3. The van der Waals surface area contributed by atoms with E-state index in [1.807, 2.05) is 30.3 Å². The average Bonchev–Trinajstić information content (AvgIpc) is 3.34. The van der Waals surface area contributed by atoms with E-state index in [0.29, 0.717) is 30.3 Å². The molecule has 0 aliphatic carbocycles. The van der Waals surface area contributed by atoms with Crippen molar-refractivity contribution < 1.29 is 18.6 Å². The van der Waals surface area contributed by atoms with Crippen LogP contribution in [-0.2, 0) is 13.0 Å². The van der Waals surface area contributed by atoms with Crippen LogP contribution in [0.3, 0.4) is 0 Å². The van der Waals surface area contributed by atoms with Crippen LogP contribution in [0, 0.1) is 0 Å². The zero-order valence-corrected chi connectivity index (χ0v) is 19.3. The lowest BCUT2D eigenvalue weighted by atomic mass is 10.1. The summed E-state index contributed by atoms with van der Waals surface area (Å²) in [6.07, 6.45) is 4.33. The van der Waals surface area contributed by atoms with E-state index in [9.17, 15) is 0 Å². The van der Waals surface area contributed by atoms with Gasteiger partial charge in [-0.15, -0.1) is 6.58 Å². The van der Waals surface area contributed by atoms with E-state index < -0.39 is 0 Å². The fraction of sp³-hybridized carbons (Fsp3) is 0.458. The molecule has 1 aliphatic rings. The van der Waals surface area contributed by atoms with Gasteiger partial charge in [0, 0.05) is 52.2 Å². The SMILES string of the molecule is C=CCNC(=NCCc1ccco1)N1CCN(Cc2cc(OC)c(OC)c(OC)c2)CC1. The fourth-order valence-electron chi connectivity index (χ4n) is 3.76. The number of hydrogen-bond donors (Lipinski definition) is 1. The van der Waals surface area contributed by atoms with Gasteiger partial charge in [-0.05, 0) is 29.8 Å². The number of furan rings is 1. The lowest BCUT2D eigenvalue weighted by Gasteiger charge is -2.36. The first-order chi connectivity index (χ1) is 15.7. The molecule has 0 saturated carbocycles. The molecule has 0 unspecified atom stereocenters. The summed E-state index contributed by atoms with van der Waals surface area (Å²) in [5.74, 6) is 3.85. The van der Waals surface area contributed by atoms with E-state index in [4.69, 9.17) is 23.6 Å². The van der Waals surface area contributed by atoms with Crippen molar-refractivity contribution >= 4 is 5.96 Å². The van der Waals surface area contributed by atoms with Crippen molar-refractivity contribution in [2.45, 2.75) is 13.0 Å². The topological polar surface area (TPSA) is 71.7 Å². The first-order valence-electron chi connectivity index (χ1n) is 10.9. The Morgan fingerprint density at radius 1 is 1.12 bits per heavy atom. The Hall–Kier alpha value is -3.13. The van der Waals surface area contributed by atoms with Crippen molar-refractivity contribution in [3.05, 3.63) is 54.5 Å². The van der Waals surface area contributed by atoms with Gasteiger partial charge in [-0.25, -0.2) is 0 Å². The van der Waals surface area contributed by atoms with Crippen LogP contribution >= 0.6 is 0 Å². The van der Waals surface area contributed by atoms with Crippen molar-refractivity contribution in [3.8, 4) is 17.2 Å². The third-order valence-electron chi connectivity index (χ3n) is 5.41. The Balaban J connectivity index is 1.59. The number of piperazine rings is 1. The molecule has 1 saturated heterocycles. The second-order valence-electron chi connectivity index (χ2n) is 7.50. The van der Waals surface area contributed by atoms with Gasteiger partial charge in [-0.2, -0.15) is 0 Å². The van der Waals surface area contributed by atoms with Crippen LogP contribution in [0.5, 0.6) is 17.2 Å². The second-order valence-corrected chi connectivity index (χ2v) is 7.50. The predicted molar refractivity (Wildman–Crippen MR) is 126 cm³/mol. The van der Waals surface area contributed by atoms with Gasteiger partial charge in [0.2, 0.25) is 5.75 Å². The summed E-state index contributed by atoms with van der Waals surface area (Å²) >= 11 is 0. The maximum atomic E-state index is 5.49. The monoisotopic (exact) mass is 442 g/mol. The number of benzene rings is 1. The summed E-state index contributed by atoms with van der Waals surface area (Å²) in [5, 5.41) is 3.39. The molecule has 0 spiro atoms. The zero-order valence-electron chi connectivity index (χ0n) is 19.3. The number of methoxy groups -OCH3 is 3. The third-order valence-corrected chi connectivity index (χ3v) is 5.41. The molecular formula is C24H34N4O4. The lowest BCUT2D eigenvalue weighted by Crippen LogP contribution is -2.52. The van der Waals surface area contributed by atoms with Gasteiger partial charge in [0.05, 0.1) is 27.6 Å². The largest absolute Gasteiger partial charge is 0.493 e. The molecule has 3 rings (SSSR count). The van der Waals surface area contributed by atoms with Crippen molar-refractivity contribution in [1.29, 1.82) is 0 Å². The molecule has 174 valence electrons. The summed E-state index contributed by atoms with van der Waals surface area (Å²) in [4.78, 5) is 9.52. The van der Waals surface area contributed by atoms with Crippen LogP contribution in [0.2, 0.25) is 0 Å². The van der Waals surface area contributed by atoms with Crippen LogP contribution in [0.15, 0.2) is 52.6 Å². The molecule has 1 fully saturated rings. The molecule has 8 heteroatoms. The first kappa shape index (κ1) is 23.5. The lowest BCUT2D eigenvalue weighted by molar-refractivity contribution is 0.172. The summed E-state index contributed by atoms with van der Waals surface area (Å²) in [6, 6.07) is 7.92. The Labute approximate surface area is 190 Å². The molecule has 0 atom stereocenters. The number of rotatable bonds is 10. The third kappa shape index (κ3) is 6.20. The van der Waals surface area contributed by atoms with Gasteiger partial charge in [0.15, 0.2) is 17.5 Å². The Bertz CT molecular complexity index is 849. The Kier molecular flexibility index (Phi) is 8.86. The van der Waals surface area contributed by atoms with Crippen molar-refractivity contribution in [3.63, 3.8) is 0 Å². The summed E-state index contributed by atoms with van der Waals surface area (Å²) < 4.78 is 21.8. The highest BCUT2D eigenvalue weighted by molar-refractivity contribution is 5.80. The quantitative estimate of drug-likeness (QED) is 0.345. The van der Waals surface area contributed by atoms with E-state index in [1.54, 1.807) is 27.6 Å². The molecule has 1 N–H and O–H groups in total. The van der Waals surface area contributed by atoms with Gasteiger partial charge in [0.1, 0.15) is 5.76 Å². The summed E-state index contributed by atoms with van der Waals surface area (Å²) in [7, 11) is 4.90. The molecule has 1 aromatic heterocycles. The average molecular weight is 443 g/mol. The first-order valence-corrected chi connectivity index (χ1v) is 10.9. The molecule has 0 amide bonds. The molecule has 0 bridgehead atoms. The van der Waals surface area contributed by atoms with Crippen LogP contribution in [0.1, 0.15) is 11.3 Å². The van der Waals surface area contributed by atoms with Gasteiger partial charge >= 0.3 is 0 Å². The van der Waals surface area contributed by atoms with E-state index in [2.05, 4.69) is 21.7 Å². The van der Waals surface area contributed by atoms with Crippen molar-refractivity contribution in [1.82, 2.24) is 15.1 Å². The molecule has 2 aromatic rings. The molecule has 2 heterocycles. The second kappa shape index (κ2) is 12.0. The minimum Gasteiger partial charge on any atom is -0.493 e. The highest BCUT2D eigenvalue weighted by Crippen LogP contribution is 2.38. The normalized spacial score (nSPS) is 14.8. The van der Waals surface area contributed by atoms with Gasteiger partial charge in [-0.3, -0.25) is 9.89 Å². The van der Waals surface area contributed by atoms with Crippen molar-refractivity contribution in [2.75, 3.05) is 60.6 Å². The van der Waals surface area contributed by atoms with Gasteiger partial charge in [-0.1, -0.05) is 6.08 Å². The standard InChI is InChI=1S/C24H34N4O4/c1-5-9-25-24(26-10-8-20-7-6-15-32-20)28-13-11-27(12-14-28)18-19-16-21(29-2)23(31-4)22(17-19)30-3/h5-7,15-17H,1,8-14,18H2,2-4H3,(H,25,26). The van der Waals surface area contributed by atoms with E-state index >= 15 is 0 Å². The van der Waals surface area contributed by atoms with Gasteiger partial charge in [0.25, 0.3) is 0 Å². The predicted octanol–water partition coefficient (Wildman–Crippen LogP) is 2.80.